The minimum atomic E-state index is 0.209. The molecular formula is C11H21NO. The molecule has 0 spiro atoms. The standard InChI is InChI=1S/C11H21NO/c1-11(2,3)12-8-4-6-10-7-5-9-13-10/h4,6,10,12H,5,7-9H2,1-3H3/b6-4+. The molecule has 0 bridgehead atoms. The van der Waals surface area contributed by atoms with E-state index in [1.807, 2.05) is 0 Å². The van der Waals surface area contributed by atoms with Gasteiger partial charge in [-0.15, -0.1) is 0 Å². The van der Waals surface area contributed by atoms with E-state index in [0.29, 0.717) is 6.10 Å². The molecule has 0 saturated carbocycles. The van der Waals surface area contributed by atoms with Crippen LogP contribution >= 0.6 is 0 Å². The fourth-order valence-electron chi connectivity index (χ4n) is 1.34. The monoisotopic (exact) mass is 183 g/mol. The van der Waals surface area contributed by atoms with Crippen LogP contribution in [0.4, 0.5) is 0 Å². The first-order valence-corrected chi connectivity index (χ1v) is 5.11. The van der Waals surface area contributed by atoms with Gasteiger partial charge >= 0.3 is 0 Å². The first kappa shape index (κ1) is 10.7. The molecule has 0 aromatic carbocycles. The Balaban J connectivity index is 2.10. The largest absolute Gasteiger partial charge is 0.374 e. The Labute approximate surface area is 81.4 Å². The summed E-state index contributed by atoms with van der Waals surface area (Å²) in [5.41, 5.74) is 0.209. The zero-order chi connectivity index (χ0) is 9.73. The van der Waals surface area contributed by atoms with Crippen molar-refractivity contribution < 1.29 is 4.74 Å². The van der Waals surface area contributed by atoms with Crippen LogP contribution in [0.25, 0.3) is 0 Å². The third kappa shape index (κ3) is 5.06. The number of ether oxygens (including phenoxy) is 1. The molecule has 1 saturated heterocycles. The average Bonchev–Trinajstić information content (AvgIpc) is 2.48. The molecule has 76 valence electrons. The molecule has 1 N–H and O–H groups in total. The van der Waals surface area contributed by atoms with Gasteiger partial charge < -0.3 is 10.1 Å². The maximum atomic E-state index is 5.47. The van der Waals surface area contributed by atoms with Gasteiger partial charge in [0.1, 0.15) is 0 Å². The average molecular weight is 183 g/mol. The molecule has 13 heavy (non-hydrogen) atoms. The molecule has 1 heterocycles. The van der Waals surface area contributed by atoms with Crippen molar-refractivity contribution in [3.05, 3.63) is 12.2 Å². The van der Waals surface area contributed by atoms with Gasteiger partial charge in [0.25, 0.3) is 0 Å². The lowest BCUT2D eigenvalue weighted by atomic mass is 10.1. The predicted octanol–water partition coefficient (Wildman–Crippen LogP) is 2.11. The molecule has 1 rings (SSSR count). The molecule has 0 aromatic heterocycles. The minimum absolute atomic E-state index is 0.209. The number of rotatable bonds is 3. The molecule has 2 heteroatoms. The van der Waals surface area contributed by atoms with Crippen molar-refractivity contribution in [2.75, 3.05) is 13.2 Å². The Morgan fingerprint density at radius 3 is 2.77 bits per heavy atom. The van der Waals surface area contributed by atoms with E-state index in [1.165, 1.54) is 12.8 Å². The Hall–Kier alpha value is -0.340. The molecule has 0 radical (unpaired) electrons. The summed E-state index contributed by atoms with van der Waals surface area (Å²) in [7, 11) is 0. The smallest absolute Gasteiger partial charge is 0.0757 e. The van der Waals surface area contributed by atoms with Crippen LogP contribution in [0.5, 0.6) is 0 Å². The molecule has 0 aromatic rings. The van der Waals surface area contributed by atoms with Crippen molar-refractivity contribution in [1.29, 1.82) is 0 Å². The summed E-state index contributed by atoms with van der Waals surface area (Å²) in [6.45, 7) is 8.39. The van der Waals surface area contributed by atoms with Crippen molar-refractivity contribution in [3.63, 3.8) is 0 Å². The van der Waals surface area contributed by atoms with Crippen molar-refractivity contribution in [2.24, 2.45) is 0 Å². The Morgan fingerprint density at radius 2 is 2.23 bits per heavy atom. The fourth-order valence-corrected chi connectivity index (χ4v) is 1.34. The normalized spacial score (nSPS) is 24.4. The van der Waals surface area contributed by atoms with E-state index in [9.17, 15) is 0 Å². The highest BCUT2D eigenvalue weighted by Crippen LogP contribution is 2.12. The highest BCUT2D eigenvalue weighted by Gasteiger charge is 2.11. The molecule has 1 aliphatic rings. The van der Waals surface area contributed by atoms with Gasteiger partial charge in [-0.2, -0.15) is 0 Å². The zero-order valence-electron chi connectivity index (χ0n) is 8.97. The number of nitrogens with one attached hydrogen (secondary N) is 1. The SMILES string of the molecule is CC(C)(C)NC/C=C/C1CCCO1. The van der Waals surface area contributed by atoms with Gasteiger partial charge in [0.2, 0.25) is 0 Å². The van der Waals surface area contributed by atoms with E-state index >= 15 is 0 Å². The topological polar surface area (TPSA) is 21.3 Å². The Kier molecular flexibility index (Phi) is 3.94. The molecule has 1 unspecified atom stereocenters. The van der Waals surface area contributed by atoms with E-state index < -0.39 is 0 Å². The molecule has 1 aliphatic heterocycles. The first-order valence-electron chi connectivity index (χ1n) is 5.11. The van der Waals surface area contributed by atoms with Gasteiger partial charge in [-0.25, -0.2) is 0 Å². The fraction of sp³-hybridized carbons (Fsp3) is 0.818. The molecule has 1 atom stereocenters. The van der Waals surface area contributed by atoms with Gasteiger partial charge in [0.15, 0.2) is 0 Å². The summed E-state index contributed by atoms with van der Waals surface area (Å²) in [5, 5.41) is 3.40. The first-order chi connectivity index (χ1) is 6.08. The van der Waals surface area contributed by atoms with Crippen LogP contribution in [0.3, 0.4) is 0 Å². The number of hydrogen-bond acceptors (Lipinski definition) is 2. The van der Waals surface area contributed by atoms with Crippen molar-refractivity contribution in [2.45, 2.75) is 45.3 Å². The third-order valence-corrected chi connectivity index (χ3v) is 2.07. The van der Waals surface area contributed by atoms with Gasteiger partial charge in [-0.3, -0.25) is 0 Å². The summed E-state index contributed by atoms with van der Waals surface area (Å²) in [4.78, 5) is 0. The second kappa shape index (κ2) is 4.77. The van der Waals surface area contributed by atoms with Crippen LogP contribution in [-0.2, 0) is 4.74 Å². The summed E-state index contributed by atoms with van der Waals surface area (Å²) in [6.07, 6.45) is 7.11. The van der Waals surface area contributed by atoms with Crippen LogP contribution in [0.2, 0.25) is 0 Å². The lowest BCUT2D eigenvalue weighted by Gasteiger charge is -2.19. The summed E-state index contributed by atoms with van der Waals surface area (Å²) in [5.74, 6) is 0. The molecular weight excluding hydrogens is 162 g/mol. The van der Waals surface area contributed by atoms with Gasteiger partial charge in [-0.05, 0) is 33.6 Å². The Morgan fingerprint density at radius 1 is 1.46 bits per heavy atom. The van der Waals surface area contributed by atoms with Gasteiger partial charge in [0, 0.05) is 18.7 Å². The molecule has 1 fully saturated rings. The van der Waals surface area contributed by atoms with Crippen LogP contribution in [-0.4, -0.2) is 24.8 Å². The molecule has 2 nitrogen and oxygen atoms in total. The number of hydrogen-bond donors (Lipinski definition) is 1. The summed E-state index contributed by atoms with van der Waals surface area (Å²) in [6, 6.07) is 0. The van der Waals surface area contributed by atoms with Crippen LogP contribution < -0.4 is 5.32 Å². The molecule has 0 amide bonds. The summed E-state index contributed by atoms with van der Waals surface area (Å²) < 4.78 is 5.47. The van der Waals surface area contributed by atoms with Crippen molar-refractivity contribution >= 4 is 0 Å². The van der Waals surface area contributed by atoms with Crippen LogP contribution in [0.1, 0.15) is 33.6 Å². The van der Waals surface area contributed by atoms with Crippen LogP contribution in [0, 0.1) is 0 Å². The quantitative estimate of drug-likeness (QED) is 0.677. The lowest BCUT2D eigenvalue weighted by molar-refractivity contribution is 0.145. The predicted molar refractivity (Wildman–Crippen MR) is 55.9 cm³/mol. The molecule has 0 aliphatic carbocycles. The van der Waals surface area contributed by atoms with Crippen molar-refractivity contribution in [3.8, 4) is 0 Å². The summed E-state index contributed by atoms with van der Waals surface area (Å²) >= 11 is 0. The van der Waals surface area contributed by atoms with E-state index in [0.717, 1.165) is 13.2 Å². The van der Waals surface area contributed by atoms with Gasteiger partial charge in [-0.1, -0.05) is 12.2 Å². The highest BCUT2D eigenvalue weighted by atomic mass is 16.5. The third-order valence-electron chi connectivity index (χ3n) is 2.07. The van der Waals surface area contributed by atoms with Crippen molar-refractivity contribution in [1.82, 2.24) is 5.32 Å². The van der Waals surface area contributed by atoms with E-state index in [-0.39, 0.29) is 5.54 Å². The minimum Gasteiger partial charge on any atom is -0.374 e. The van der Waals surface area contributed by atoms with Gasteiger partial charge in [0.05, 0.1) is 6.10 Å². The maximum Gasteiger partial charge on any atom is 0.0757 e. The Bertz CT molecular complexity index is 163. The lowest BCUT2D eigenvalue weighted by Crippen LogP contribution is -2.35. The van der Waals surface area contributed by atoms with E-state index in [1.54, 1.807) is 0 Å². The zero-order valence-corrected chi connectivity index (χ0v) is 8.97. The van der Waals surface area contributed by atoms with Crippen LogP contribution in [0.15, 0.2) is 12.2 Å². The second-order valence-corrected chi connectivity index (χ2v) is 4.61. The second-order valence-electron chi connectivity index (χ2n) is 4.61. The highest BCUT2D eigenvalue weighted by molar-refractivity contribution is 4.93. The van der Waals surface area contributed by atoms with E-state index in [4.69, 9.17) is 4.74 Å². The van der Waals surface area contributed by atoms with E-state index in [2.05, 4.69) is 38.2 Å². The maximum absolute atomic E-state index is 5.47.